The van der Waals surface area contributed by atoms with E-state index in [1.54, 1.807) is 19.1 Å². The molecule has 0 aliphatic rings. The summed E-state index contributed by atoms with van der Waals surface area (Å²) >= 11 is 0. The minimum atomic E-state index is -0.353. The van der Waals surface area contributed by atoms with Gasteiger partial charge in [-0.15, -0.1) is 0 Å². The molecule has 3 aromatic rings. The lowest BCUT2D eigenvalue weighted by Gasteiger charge is -2.22. The van der Waals surface area contributed by atoms with Crippen LogP contribution in [-0.2, 0) is 33.7 Å². The summed E-state index contributed by atoms with van der Waals surface area (Å²) in [5.74, 6) is 0.232. The molecule has 0 fully saturated rings. The smallest absolute Gasteiger partial charge is 0.337 e. The van der Waals surface area contributed by atoms with E-state index in [1.807, 2.05) is 36.4 Å². The van der Waals surface area contributed by atoms with E-state index in [9.17, 15) is 9.59 Å². The average molecular weight is 544 g/mol. The Balaban J connectivity index is 1.54. The molecule has 0 unspecified atom stereocenters. The average Bonchev–Trinajstić information content (AvgIpc) is 2.98. The highest BCUT2D eigenvalue weighted by atomic mass is 16.5. The van der Waals surface area contributed by atoms with Crippen LogP contribution in [-0.4, -0.2) is 50.3 Å². The number of unbranched alkanes of at least 4 members (excludes halogenated alkanes) is 2. The number of aryl methyl sites for hydroxylation is 1. The second-order valence-electron chi connectivity index (χ2n) is 9.58. The first-order valence-corrected chi connectivity index (χ1v) is 14.1. The number of benzene rings is 3. The SMILES string of the molecule is CCOC(=O)C=CCN(CCc1ccccc1OCCCCCc1ccccc1)Cc1ccc(C(=O)OC)cc1. The van der Waals surface area contributed by atoms with Gasteiger partial charge in [0.05, 0.1) is 25.9 Å². The van der Waals surface area contributed by atoms with Crippen LogP contribution in [0.5, 0.6) is 5.75 Å². The summed E-state index contributed by atoms with van der Waals surface area (Å²) in [6, 6.07) is 26.2. The summed E-state index contributed by atoms with van der Waals surface area (Å²) in [7, 11) is 1.38. The van der Waals surface area contributed by atoms with Crippen molar-refractivity contribution in [1.29, 1.82) is 0 Å². The Morgan fingerprint density at radius 2 is 1.57 bits per heavy atom. The Labute approximate surface area is 238 Å². The summed E-state index contributed by atoms with van der Waals surface area (Å²) in [5, 5.41) is 0. The van der Waals surface area contributed by atoms with Gasteiger partial charge in [-0.05, 0) is 73.9 Å². The van der Waals surface area contributed by atoms with E-state index in [0.29, 0.717) is 31.9 Å². The van der Waals surface area contributed by atoms with Crippen molar-refractivity contribution >= 4 is 11.9 Å². The zero-order chi connectivity index (χ0) is 28.4. The molecule has 0 atom stereocenters. The molecule has 3 rings (SSSR count). The topological polar surface area (TPSA) is 65.1 Å². The van der Waals surface area contributed by atoms with Crippen LogP contribution < -0.4 is 4.74 Å². The van der Waals surface area contributed by atoms with Crippen molar-refractivity contribution in [3.63, 3.8) is 0 Å². The molecule has 212 valence electrons. The molecule has 0 spiro atoms. The molecule has 6 heteroatoms. The second-order valence-corrected chi connectivity index (χ2v) is 9.58. The number of esters is 2. The number of methoxy groups -OCH3 is 1. The Hall–Kier alpha value is -3.90. The van der Waals surface area contributed by atoms with E-state index in [0.717, 1.165) is 55.5 Å². The lowest BCUT2D eigenvalue weighted by atomic mass is 10.1. The first kappa shape index (κ1) is 30.6. The predicted molar refractivity (Wildman–Crippen MR) is 158 cm³/mol. The van der Waals surface area contributed by atoms with E-state index in [2.05, 4.69) is 41.3 Å². The molecule has 0 aliphatic heterocycles. The Bertz CT molecular complexity index is 1190. The van der Waals surface area contributed by atoms with Crippen LogP contribution in [0.3, 0.4) is 0 Å². The van der Waals surface area contributed by atoms with Crippen molar-refractivity contribution < 1.29 is 23.8 Å². The van der Waals surface area contributed by atoms with Gasteiger partial charge in [0.25, 0.3) is 0 Å². The molecule has 0 radical (unpaired) electrons. The molecule has 0 N–H and O–H groups in total. The zero-order valence-corrected chi connectivity index (χ0v) is 23.7. The maximum Gasteiger partial charge on any atom is 0.337 e. The zero-order valence-electron chi connectivity index (χ0n) is 23.7. The third-order valence-corrected chi connectivity index (χ3v) is 6.57. The van der Waals surface area contributed by atoms with Crippen molar-refractivity contribution in [2.75, 3.05) is 33.4 Å². The minimum Gasteiger partial charge on any atom is -0.493 e. The van der Waals surface area contributed by atoms with E-state index in [4.69, 9.17) is 14.2 Å². The fourth-order valence-corrected chi connectivity index (χ4v) is 4.41. The molecule has 0 saturated heterocycles. The van der Waals surface area contributed by atoms with Crippen LogP contribution >= 0.6 is 0 Å². The number of para-hydroxylation sites is 1. The van der Waals surface area contributed by atoms with E-state index in [1.165, 1.54) is 18.7 Å². The van der Waals surface area contributed by atoms with Crippen LogP contribution in [0.2, 0.25) is 0 Å². The van der Waals surface area contributed by atoms with Crippen LogP contribution in [0.15, 0.2) is 91.0 Å². The quantitative estimate of drug-likeness (QED) is 0.111. The molecule has 0 amide bonds. The Morgan fingerprint density at radius 1 is 0.825 bits per heavy atom. The van der Waals surface area contributed by atoms with Crippen molar-refractivity contribution in [3.8, 4) is 5.75 Å². The standard InChI is InChI=1S/C34H41NO5/c1-3-39-33(36)18-12-24-35(27-29-19-21-31(22-20-29)34(37)38-2)25-23-30-16-9-10-17-32(30)40-26-11-5-8-15-28-13-6-4-7-14-28/h4,6-7,9-10,12-14,16-22H,3,5,8,11,15,23-27H2,1-2H3. The van der Waals surface area contributed by atoms with Crippen LogP contribution in [0, 0.1) is 0 Å². The first-order valence-electron chi connectivity index (χ1n) is 14.1. The summed E-state index contributed by atoms with van der Waals surface area (Å²) in [6.45, 7) is 4.86. The maximum absolute atomic E-state index is 11.8. The molecular weight excluding hydrogens is 502 g/mol. The van der Waals surface area contributed by atoms with Gasteiger partial charge in [-0.3, -0.25) is 4.90 Å². The van der Waals surface area contributed by atoms with Crippen LogP contribution in [0.1, 0.15) is 53.2 Å². The lowest BCUT2D eigenvalue weighted by Crippen LogP contribution is -2.26. The molecule has 0 aromatic heterocycles. The predicted octanol–water partition coefficient (Wildman–Crippen LogP) is 6.43. The molecule has 6 nitrogen and oxygen atoms in total. The van der Waals surface area contributed by atoms with Crippen molar-refractivity contribution in [2.24, 2.45) is 0 Å². The molecule has 40 heavy (non-hydrogen) atoms. The first-order chi connectivity index (χ1) is 19.6. The number of carbonyl (C=O) groups excluding carboxylic acids is 2. The van der Waals surface area contributed by atoms with E-state index >= 15 is 0 Å². The number of hydrogen-bond donors (Lipinski definition) is 0. The molecule has 0 aliphatic carbocycles. The monoisotopic (exact) mass is 543 g/mol. The fraction of sp³-hybridized carbons (Fsp3) is 0.353. The van der Waals surface area contributed by atoms with Crippen molar-refractivity contribution in [3.05, 3.63) is 113 Å². The van der Waals surface area contributed by atoms with Crippen molar-refractivity contribution in [1.82, 2.24) is 4.90 Å². The van der Waals surface area contributed by atoms with Crippen LogP contribution in [0.25, 0.3) is 0 Å². The normalized spacial score (nSPS) is 11.1. The van der Waals surface area contributed by atoms with Gasteiger partial charge < -0.3 is 14.2 Å². The number of ether oxygens (including phenoxy) is 3. The highest BCUT2D eigenvalue weighted by Gasteiger charge is 2.10. The van der Waals surface area contributed by atoms with Gasteiger partial charge >= 0.3 is 11.9 Å². The second kappa shape index (κ2) is 17.6. The fourth-order valence-electron chi connectivity index (χ4n) is 4.41. The van der Waals surface area contributed by atoms with Gasteiger partial charge in [0, 0.05) is 25.7 Å². The van der Waals surface area contributed by atoms with Crippen LogP contribution in [0.4, 0.5) is 0 Å². The highest BCUT2D eigenvalue weighted by molar-refractivity contribution is 5.89. The molecule has 0 heterocycles. The van der Waals surface area contributed by atoms with Gasteiger partial charge in [-0.2, -0.15) is 0 Å². The molecule has 0 saturated carbocycles. The van der Waals surface area contributed by atoms with Crippen molar-refractivity contribution in [2.45, 2.75) is 45.6 Å². The minimum absolute atomic E-state index is 0.340. The summed E-state index contributed by atoms with van der Waals surface area (Å²) in [5.41, 5.74) is 4.13. The van der Waals surface area contributed by atoms with Gasteiger partial charge in [-0.25, -0.2) is 9.59 Å². The summed E-state index contributed by atoms with van der Waals surface area (Å²) < 4.78 is 16.0. The number of rotatable bonds is 17. The van der Waals surface area contributed by atoms with Gasteiger partial charge in [-0.1, -0.05) is 66.7 Å². The highest BCUT2D eigenvalue weighted by Crippen LogP contribution is 2.20. The number of carbonyl (C=O) groups is 2. The molecule has 0 bridgehead atoms. The number of nitrogens with zero attached hydrogens (tertiary/aromatic N) is 1. The lowest BCUT2D eigenvalue weighted by molar-refractivity contribution is -0.137. The Morgan fingerprint density at radius 3 is 2.33 bits per heavy atom. The maximum atomic E-state index is 11.8. The molecular formula is C34H41NO5. The van der Waals surface area contributed by atoms with Gasteiger partial charge in [0.2, 0.25) is 0 Å². The van der Waals surface area contributed by atoms with E-state index < -0.39 is 0 Å². The number of hydrogen-bond acceptors (Lipinski definition) is 6. The van der Waals surface area contributed by atoms with Gasteiger partial charge in [0.1, 0.15) is 5.75 Å². The van der Waals surface area contributed by atoms with Gasteiger partial charge in [0.15, 0.2) is 0 Å². The largest absolute Gasteiger partial charge is 0.493 e. The summed E-state index contributed by atoms with van der Waals surface area (Å²) in [6.07, 6.45) is 8.52. The Kier molecular flexibility index (Phi) is 13.5. The third-order valence-electron chi connectivity index (χ3n) is 6.57. The third kappa shape index (κ3) is 11.1. The molecule has 3 aromatic carbocycles. The van der Waals surface area contributed by atoms with E-state index in [-0.39, 0.29) is 11.9 Å². The summed E-state index contributed by atoms with van der Waals surface area (Å²) in [4.78, 5) is 25.8.